The number of fused-ring (bicyclic) bond motifs is 1. The van der Waals surface area contributed by atoms with Gasteiger partial charge in [0.25, 0.3) is 0 Å². The molecular formula is C17H13ClFN. The van der Waals surface area contributed by atoms with E-state index in [1.54, 1.807) is 6.07 Å². The van der Waals surface area contributed by atoms with Gasteiger partial charge in [0.2, 0.25) is 0 Å². The molecule has 0 bridgehead atoms. The Morgan fingerprint density at radius 1 is 0.900 bits per heavy atom. The Kier molecular flexibility index (Phi) is 3.57. The summed E-state index contributed by atoms with van der Waals surface area (Å²) in [5.41, 5.74) is 1.52. The molecule has 0 aromatic heterocycles. The standard InChI is InChI=1S/C17H13ClFN/c18-15-7-8-16(19)17(10-15)20-11-12-5-6-13-3-1-2-4-14(13)9-12/h1-10,20H,11H2. The predicted octanol–water partition coefficient (Wildman–Crippen LogP) is 5.24. The monoisotopic (exact) mass is 285 g/mol. The maximum absolute atomic E-state index is 13.6. The first-order chi connectivity index (χ1) is 9.72. The Morgan fingerprint density at radius 3 is 2.55 bits per heavy atom. The van der Waals surface area contributed by atoms with Gasteiger partial charge in [0.05, 0.1) is 5.69 Å². The molecule has 0 aliphatic rings. The van der Waals surface area contributed by atoms with Crippen LogP contribution in [0.25, 0.3) is 10.8 Å². The molecule has 0 radical (unpaired) electrons. The highest BCUT2D eigenvalue weighted by Gasteiger charge is 2.03. The molecule has 20 heavy (non-hydrogen) atoms. The maximum Gasteiger partial charge on any atom is 0.146 e. The lowest BCUT2D eigenvalue weighted by atomic mass is 10.1. The smallest absolute Gasteiger partial charge is 0.146 e. The first-order valence-electron chi connectivity index (χ1n) is 6.39. The summed E-state index contributed by atoms with van der Waals surface area (Å²) in [4.78, 5) is 0. The molecular weight excluding hydrogens is 273 g/mol. The lowest BCUT2D eigenvalue weighted by Gasteiger charge is -2.09. The van der Waals surface area contributed by atoms with E-state index >= 15 is 0 Å². The van der Waals surface area contributed by atoms with Crippen molar-refractivity contribution in [3.05, 3.63) is 77.1 Å². The van der Waals surface area contributed by atoms with Crippen molar-refractivity contribution >= 4 is 28.1 Å². The minimum atomic E-state index is -0.296. The first kappa shape index (κ1) is 12.9. The summed E-state index contributed by atoms with van der Waals surface area (Å²) in [7, 11) is 0. The molecule has 0 spiro atoms. The van der Waals surface area contributed by atoms with Crippen molar-refractivity contribution in [3.63, 3.8) is 0 Å². The van der Waals surface area contributed by atoms with Crippen LogP contribution in [0, 0.1) is 5.82 Å². The highest BCUT2D eigenvalue weighted by atomic mass is 35.5. The fourth-order valence-electron chi connectivity index (χ4n) is 2.18. The summed E-state index contributed by atoms with van der Waals surface area (Å²) in [5, 5.41) is 5.97. The summed E-state index contributed by atoms with van der Waals surface area (Å²) >= 11 is 5.87. The van der Waals surface area contributed by atoms with Crippen LogP contribution in [-0.4, -0.2) is 0 Å². The summed E-state index contributed by atoms with van der Waals surface area (Å²) in [5.74, 6) is -0.296. The zero-order valence-electron chi connectivity index (χ0n) is 10.7. The fraction of sp³-hybridized carbons (Fsp3) is 0.0588. The van der Waals surface area contributed by atoms with E-state index in [0.29, 0.717) is 17.3 Å². The lowest BCUT2D eigenvalue weighted by Crippen LogP contribution is -2.01. The molecule has 1 N–H and O–H groups in total. The highest BCUT2D eigenvalue weighted by molar-refractivity contribution is 6.30. The van der Waals surface area contributed by atoms with E-state index < -0.39 is 0 Å². The first-order valence-corrected chi connectivity index (χ1v) is 6.77. The molecule has 0 atom stereocenters. The topological polar surface area (TPSA) is 12.0 Å². The van der Waals surface area contributed by atoms with Crippen LogP contribution < -0.4 is 5.32 Å². The van der Waals surface area contributed by atoms with Crippen molar-refractivity contribution in [1.82, 2.24) is 0 Å². The van der Waals surface area contributed by atoms with Crippen molar-refractivity contribution < 1.29 is 4.39 Å². The van der Waals surface area contributed by atoms with Crippen LogP contribution >= 0.6 is 11.6 Å². The van der Waals surface area contributed by atoms with E-state index in [4.69, 9.17) is 11.6 Å². The van der Waals surface area contributed by atoms with Gasteiger partial charge in [0.15, 0.2) is 0 Å². The van der Waals surface area contributed by atoms with E-state index in [-0.39, 0.29) is 5.82 Å². The number of anilines is 1. The van der Waals surface area contributed by atoms with Crippen LogP contribution in [0.1, 0.15) is 5.56 Å². The minimum Gasteiger partial charge on any atom is -0.379 e. The molecule has 0 fully saturated rings. The van der Waals surface area contributed by atoms with Gasteiger partial charge in [-0.15, -0.1) is 0 Å². The molecule has 0 saturated heterocycles. The Balaban J connectivity index is 1.81. The van der Waals surface area contributed by atoms with Gasteiger partial charge in [-0.2, -0.15) is 0 Å². The lowest BCUT2D eigenvalue weighted by molar-refractivity contribution is 0.630. The second kappa shape index (κ2) is 5.51. The molecule has 0 heterocycles. The van der Waals surface area contributed by atoms with E-state index in [2.05, 4.69) is 29.6 Å². The quantitative estimate of drug-likeness (QED) is 0.693. The van der Waals surface area contributed by atoms with Crippen LogP contribution in [0.2, 0.25) is 5.02 Å². The molecule has 0 aliphatic heterocycles. The fourth-order valence-corrected chi connectivity index (χ4v) is 2.35. The Morgan fingerprint density at radius 2 is 1.70 bits per heavy atom. The van der Waals surface area contributed by atoms with Crippen molar-refractivity contribution in [2.75, 3.05) is 5.32 Å². The molecule has 3 aromatic rings. The average molecular weight is 286 g/mol. The molecule has 0 unspecified atom stereocenters. The third-order valence-electron chi connectivity index (χ3n) is 3.23. The highest BCUT2D eigenvalue weighted by Crippen LogP contribution is 2.21. The van der Waals surface area contributed by atoms with Crippen molar-refractivity contribution in [2.45, 2.75) is 6.54 Å². The van der Waals surface area contributed by atoms with Gasteiger partial charge in [-0.05, 0) is 40.6 Å². The normalized spacial score (nSPS) is 10.7. The Labute approximate surface area is 122 Å². The van der Waals surface area contributed by atoms with Gasteiger partial charge >= 0.3 is 0 Å². The van der Waals surface area contributed by atoms with Crippen LogP contribution in [0.15, 0.2) is 60.7 Å². The van der Waals surface area contributed by atoms with Crippen molar-refractivity contribution in [2.24, 2.45) is 0 Å². The third kappa shape index (κ3) is 2.75. The second-order valence-electron chi connectivity index (χ2n) is 4.66. The largest absolute Gasteiger partial charge is 0.379 e. The zero-order valence-corrected chi connectivity index (χ0v) is 11.5. The number of rotatable bonds is 3. The van der Waals surface area contributed by atoms with Crippen molar-refractivity contribution in [3.8, 4) is 0 Å². The van der Waals surface area contributed by atoms with E-state index in [9.17, 15) is 4.39 Å². The second-order valence-corrected chi connectivity index (χ2v) is 5.10. The van der Waals surface area contributed by atoms with Gasteiger partial charge in [-0.1, -0.05) is 48.0 Å². The van der Waals surface area contributed by atoms with E-state index in [0.717, 1.165) is 5.56 Å². The van der Waals surface area contributed by atoms with Crippen LogP contribution in [0.3, 0.4) is 0 Å². The summed E-state index contributed by atoms with van der Waals surface area (Å²) in [6, 6.07) is 18.9. The Bertz CT molecular complexity index is 755. The molecule has 0 aliphatic carbocycles. The number of nitrogens with one attached hydrogen (secondary N) is 1. The molecule has 100 valence electrons. The van der Waals surface area contributed by atoms with Gasteiger partial charge in [-0.25, -0.2) is 4.39 Å². The average Bonchev–Trinajstić information content (AvgIpc) is 2.48. The van der Waals surface area contributed by atoms with Gasteiger partial charge in [0.1, 0.15) is 5.82 Å². The number of benzene rings is 3. The molecule has 1 nitrogen and oxygen atoms in total. The number of hydrogen-bond donors (Lipinski definition) is 1. The van der Waals surface area contributed by atoms with Crippen molar-refractivity contribution in [1.29, 1.82) is 0 Å². The van der Waals surface area contributed by atoms with E-state index in [1.165, 1.54) is 22.9 Å². The predicted molar refractivity (Wildman–Crippen MR) is 82.7 cm³/mol. The summed E-state index contributed by atoms with van der Waals surface area (Å²) in [6.45, 7) is 0.558. The Hall–Kier alpha value is -2.06. The number of hydrogen-bond acceptors (Lipinski definition) is 1. The SMILES string of the molecule is Fc1ccc(Cl)cc1NCc1ccc2ccccc2c1. The zero-order chi connectivity index (χ0) is 13.9. The summed E-state index contributed by atoms with van der Waals surface area (Å²) < 4.78 is 13.6. The van der Waals surface area contributed by atoms with Gasteiger partial charge in [0, 0.05) is 11.6 Å². The summed E-state index contributed by atoms with van der Waals surface area (Å²) in [6.07, 6.45) is 0. The maximum atomic E-state index is 13.6. The van der Waals surface area contributed by atoms with Crippen LogP contribution in [0.5, 0.6) is 0 Å². The van der Waals surface area contributed by atoms with Crippen LogP contribution in [0.4, 0.5) is 10.1 Å². The van der Waals surface area contributed by atoms with Gasteiger partial charge < -0.3 is 5.32 Å². The number of halogens is 2. The third-order valence-corrected chi connectivity index (χ3v) is 3.46. The molecule has 3 aromatic carbocycles. The molecule has 0 saturated carbocycles. The molecule has 0 amide bonds. The van der Waals surface area contributed by atoms with E-state index in [1.807, 2.05) is 18.2 Å². The molecule has 3 rings (SSSR count). The van der Waals surface area contributed by atoms with Crippen LogP contribution in [-0.2, 0) is 6.54 Å². The molecule has 3 heteroatoms. The van der Waals surface area contributed by atoms with Gasteiger partial charge in [-0.3, -0.25) is 0 Å². The minimum absolute atomic E-state index is 0.296.